The summed E-state index contributed by atoms with van der Waals surface area (Å²) >= 11 is 0. The average Bonchev–Trinajstić information content (AvgIpc) is 3.88. The van der Waals surface area contributed by atoms with Crippen molar-refractivity contribution in [3.8, 4) is 0 Å². The van der Waals surface area contributed by atoms with E-state index in [-0.39, 0.29) is 23.7 Å². The number of alkyl carbamates (subject to hydrolysis) is 1. The third-order valence-corrected chi connectivity index (χ3v) is 17.5. The van der Waals surface area contributed by atoms with Crippen molar-refractivity contribution < 1.29 is 28.5 Å². The molecule has 386 valence electrons. The molecule has 4 aliphatic carbocycles. The highest BCUT2D eigenvalue weighted by Gasteiger charge is 2.58. The largest absolute Gasteiger partial charge is 0.446 e. The van der Waals surface area contributed by atoms with Gasteiger partial charge in [-0.15, -0.1) is 0 Å². The molecule has 9 atom stereocenters. The van der Waals surface area contributed by atoms with E-state index in [1.54, 1.807) is 5.57 Å². The van der Waals surface area contributed by atoms with Crippen LogP contribution in [0.25, 0.3) is 0 Å². The summed E-state index contributed by atoms with van der Waals surface area (Å²) in [4.78, 5) is 15.4. The Kier molecular flexibility index (Phi) is 26.5. The lowest BCUT2D eigenvalue weighted by Gasteiger charge is -2.58. The number of carbonyl (C=O) groups is 1. The van der Waals surface area contributed by atoms with Crippen molar-refractivity contribution in [1.82, 2.24) is 10.2 Å². The number of ether oxygens (including phenoxy) is 5. The minimum absolute atomic E-state index is 0.0338. The van der Waals surface area contributed by atoms with Crippen LogP contribution in [0.3, 0.4) is 0 Å². The van der Waals surface area contributed by atoms with Crippen molar-refractivity contribution in [2.75, 3.05) is 65.9 Å². The lowest BCUT2D eigenvalue weighted by atomic mass is 9.47. The summed E-state index contributed by atoms with van der Waals surface area (Å²) in [6.45, 7) is 21.0. The van der Waals surface area contributed by atoms with Crippen LogP contribution in [-0.4, -0.2) is 95.1 Å². The van der Waals surface area contributed by atoms with Crippen LogP contribution in [0, 0.1) is 40.4 Å². The Labute approximate surface area is 412 Å². The van der Waals surface area contributed by atoms with Gasteiger partial charge < -0.3 is 29.0 Å². The number of carbonyl (C=O) groups excluding carboxylic acids is 1. The molecule has 1 heterocycles. The zero-order valence-electron chi connectivity index (χ0n) is 44.4. The number of nitrogens with zero attached hydrogens (tertiary/aromatic N) is 1. The molecule has 0 bridgehead atoms. The number of amides is 1. The van der Waals surface area contributed by atoms with Gasteiger partial charge >= 0.3 is 6.09 Å². The van der Waals surface area contributed by atoms with E-state index in [9.17, 15) is 4.79 Å². The Balaban J connectivity index is 0.859. The molecule has 4 fully saturated rings. The van der Waals surface area contributed by atoms with Gasteiger partial charge in [-0.05, 0) is 157 Å². The normalized spacial score (nSPS) is 29.1. The molecule has 5 rings (SSSR count). The minimum Gasteiger partial charge on any atom is -0.446 e. The Hall–Kier alpha value is -1.71. The van der Waals surface area contributed by atoms with E-state index < -0.39 is 0 Å². The van der Waals surface area contributed by atoms with E-state index in [4.69, 9.17) is 23.7 Å². The van der Waals surface area contributed by atoms with Crippen LogP contribution in [0.2, 0.25) is 0 Å². The summed E-state index contributed by atoms with van der Waals surface area (Å²) < 4.78 is 30.1. The molecule has 1 aliphatic heterocycles. The third-order valence-electron chi connectivity index (χ3n) is 17.5. The maximum absolute atomic E-state index is 12.8. The molecule has 8 heteroatoms. The number of unbranched alkanes of at least 4 members (excludes halogenated alkanes) is 10. The Morgan fingerprint density at radius 3 is 2.30 bits per heavy atom. The number of hydrogen-bond acceptors (Lipinski definition) is 7. The maximum Gasteiger partial charge on any atom is 0.407 e. The minimum atomic E-state index is -0.318. The maximum atomic E-state index is 12.8. The molecule has 0 aromatic rings. The summed E-state index contributed by atoms with van der Waals surface area (Å²) in [5, 5.41) is 2.94. The van der Waals surface area contributed by atoms with Crippen LogP contribution in [-0.2, 0) is 23.7 Å². The topological polar surface area (TPSA) is 78.5 Å². The third kappa shape index (κ3) is 19.1. The molecule has 5 aliphatic rings. The lowest BCUT2D eigenvalue weighted by Crippen LogP contribution is -2.50. The molecule has 0 aromatic heterocycles. The van der Waals surface area contributed by atoms with Gasteiger partial charge in [-0.3, -0.25) is 4.90 Å². The summed E-state index contributed by atoms with van der Waals surface area (Å²) in [6.07, 6.45) is 44.8. The van der Waals surface area contributed by atoms with Gasteiger partial charge in [0.1, 0.15) is 6.10 Å². The number of nitrogens with one attached hydrogen (secondary N) is 1. The van der Waals surface area contributed by atoms with Crippen molar-refractivity contribution in [2.45, 2.75) is 227 Å². The van der Waals surface area contributed by atoms with Gasteiger partial charge in [-0.25, -0.2) is 4.79 Å². The fourth-order valence-electron chi connectivity index (χ4n) is 13.4. The molecule has 1 amide bonds. The van der Waals surface area contributed by atoms with E-state index in [1.807, 2.05) is 0 Å². The first-order chi connectivity index (χ1) is 32.6. The number of rotatable bonds is 35. The second-order valence-corrected chi connectivity index (χ2v) is 22.8. The van der Waals surface area contributed by atoms with Gasteiger partial charge in [0.05, 0.1) is 45.7 Å². The predicted octanol–water partition coefficient (Wildman–Crippen LogP) is 14.6. The zero-order chi connectivity index (χ0) is 47.6. The van der Waals surface area contributed by atoms with Gasteiger partial charge in [0.2, 0.25) is 0 Å². The quantitative estimate of drug-likeness (QED) is 0.0501. The van der Waals surface area contributed by atoms with Crippen molar-refractivity contribution in [2.24, 2.45) is 40.4 Å². The number of likely N-dealkylation sites (tertiary alicyclic amines) is 1. The molecule has 67 heavy (non-hydrogen) atoms. The zero-order valence-corrected chi connectivity index (χ0v) is 44.4. The van der Waals surface area contributed by atoms with Crippen LogP contribution in [0.5, 0.6) is 0 Å². The summed E-state index contributed by atoms with van der Waals surface area (Å²) in [6, 6.07) is 0.609. The smallest absolute Gasteiger partial charge is 0.407 e. The van der Waals surface area contributed by atoms with Crippen LogP contribution >= 0.6 is 0 Å². The molecule has 0 radical (unpaired) electrons. The second kappa shape index (κ2) is 31.6. The highest BCUT2D eigenvalue weighted by Crippen LogP contribution is 2.67. The second-order valence-electron chi connectivity index (χ2n) is 22.8. The van der Waals surface area contributed by atoms with Gasteiger partial charge in [0.15, 0.2) is 0 Å². The standard InChI is InChI=1S/C59H104N2O6/c1-7-8-9-10-11-12-13-14-15-16-17-18-19-20-21-24-39-65-47-53(46-61-38-25-27-49(61)4)66-44-43-64-42-41-63-40-37-60-57(62)67-52-33-35-59(6)51(45-52)29-31-54-55-32-30-50(28-23-22-26-48(2)3)58(55,5)36-34-56(54)59/h11-12,14-15,29,48-50,52-56H,7-10,13,16-28,30-47H2,1-6H3,(H,60,62)/b12-11-,15-14-/t49?,50?,52-,53?,54-,55?,56?,58+,59-/m0/s1. The molecule has 8 nitrogen and oxygen atoms in total. The van der Waals surface area contributed by atoms with Crippen molar-refractivity contribution in [3.05, 3.63) is 36.0 Å². The fourth-order valence-corrected chi connectivity index (χ4v) is 13.4. The molecule has 0 spiro atoms. The number of allylic oxidation sites excluding steroid dienone is 5. The van der Waals surface area contributed by atoms with Crippen LogP contribution in [0.15, 0.2) is 36.0 Å². The highest BCUT2D eigenvalue weighted by atomic mass is 16.6. The first-order valence-corrected chi connectivity index (χ1v) is 28.7. The van der Waals surface area contributed by atoms with E-state index in [0.717, 1.165) is 81.4 Å². The predicted molar refractivity (Wildman–Crippen MR) is 279 cm³/mol. The van der Waals surface area contributed by atoms with E-state index in [1.165, 1.54) is 135 Å². The van der Waals surface area contributed by atoms with Gasteiger partial charge in [-0.2, -0.15) is 0 Å². The lowest BCUT2D eigenvalue weighted by molar-refractivity contribution is -0.0559. The number of fused-ring (bicyclic) bond motifs is 5. The molecular weight excluding hydrogens is 833 g/mol. The summed E-state index contributed by atoms with van der Waals surface area (Å²) in [7, 11) is 0. The van der Waals surface area contributed by atoms with Crippen LogP contribution in [0.1, 0.15) is 208 Å². The summed E-state index contributed by atoms with van der Waals surface area (Å²) in [5.74, 6) is 4.26. The first kappa shape index (κ1) is 56.2. The Morgan fingerprint density at radius 1 is 0.791 bits per heavy atom. The highest BCUT2D eigenvalue weighted by molar-refractivity contribution is 5.67. The van der Waals surface area contributed by atoms with E-state index >= 15 is 0 Å². The summed E-state index contributed by atoms with van der Waals surface area (Å²) in [5.41, 5.74) is 2.38. The van der Waals surface area contributed by atoms with Crippen LogP contribution in [0.4, 0.5) is 4.79 Å². The molecule has 1 saturated heterocycles. The average molecular weight is 937 g/mol. The van der Waals surface area contributed by atoms with Gasteiger partial charge in [0, 0.05) is 32.2 Å². The van der Waals surface area contributed by atoms with Gasteiger partial charge in [0.25, 0.3) is 0 Å². The fraction of sp³-hybridized carbons (Fsp3) is 0.881. The molecule has 5 unspecified atom stereocenters. The van der Waals surface area contributed by atoms with Gasteiger partial charge in [-0.1, -0.05) is 128 Å². The molecular formula is C59H104N2O6. The Morgan fingerprint density at radius 2 is 1.54 bits per heavy atom. The van der Waals surface area contributed by atoms with Crippen molar-refractivity contribution in [1.29, 1.82) is 0 Å². The van der Waals surface area contributed by atoms with E-state index in [2.05, 4.69) is 82.1 Å². The molecule has 0 aromatic carbocycles. The number of hydrogen-bond donors (Lipinski definition) is 1. The SMILES string of the molecule is CCCCC/C=C\C/C=C\CCCCCCCCOCC(CN1CCCC1C)OCCOCCOCCNC(=O)O[C@H]1CC[C@@]2(C)C(=CC[C@H]3C4CCC(CCCCC(C)C)[C@@]4(C)CCC32)C1. The van der Waals surface area contributed by atoms with Crippen molar-refractivity contribution in [3.63, 3.8) is 0 Å². The van der Waals surface area contributed by atoms with Crippen molar-refractivity contribution >= 4 is 6.09 Å². The Bertz CT molecular complexity index is 1430. The van der Waals surface area contributed by atoms with E-state index in [0.29, 0.717) is 57.6 Å². The monoisotopic (exact) mass is 937 g/mol. The first-order valence-electron chi connectivity index (χ1n) is 28.7. The molecule has 3 saturated carbocycles. The van der Waals surface area contributed by atoms with Crippen LogP contribution < -0.4 is 5.32 Å². The molecule has 1 N–H and O–H groups in total.